The molecule has 118 valence electrons. The number of rotatable bonds is 4. The standard InChI is InChI=1S/C16H15FN4O2/c1-10-13(11(2)21-16(20-10)18-9-19-21)7-15(22)23-8-12-5-3-4-6-14(12)17/h3-6,9H,7-8H2,1-2H3. The van der Waals surface area contributed by atoms with Gasteiger partial charge in [-0.15, -0.1) is 0 Å². The number of ether oxygens (including phenoxy) is 1. The van der Waals surface area contributed by atoms with Gasteiger partial charge in [-0.25, -0.2) is 13.9 Å². The molecule has 3 aromatic rings. The van der Waals surface area contributed by atoms with Gasteiger partial charge < -0.3 is 4.74 Å². The second kappa shape index (κ2) is 6.12. The molecule has 0 aliphatic carbocycles. The van der Waals surface area contributed by atoms with E-state index >= 15 is 0 Å². The van der Waals surface area contributed by atoms with E-state index in [0.29, 0.717) is 17.0 Å². The van der Waals surface area contributed by atoms with Crippen LogP contribution in [0.15, 0.2) is 30.6 Å². The van der Waals surface area contributed by atoms with E-state index in [9.17, 15) is 9.18 Å². The first kappa shape index (κ1) is 15.1. The Bertz CT molecular complexity index is 876. The van der Waals surface area contributed by atoms with Gasteiger partial charge in [-0.05, 0) is 19.9 Å². The number of carbonyl (C=O) groups excluding carboxylic acids is 1. The summed E-state index contributed by atoms with van der Waals surface area (Å²) in [5.74, 6) is -0.345. The van der Waals surface area contributed by atoms with Crippen molar-refractivity contribution in [3.63, 3.8) is 0 Å². The van der Waals surface area contributed by atoms with Crippen molar-refractivity contribution in [2.24, 2.45) is 0 Å². The fourth-order valence-electron chi connectivity index (χ4n) is 2.38. The van der Waals surface area contributed by atoms with E-state index in [1.807, 2.05) is 6.92 Å². The van der Waals surface area contributed by atoms with Crippen LogP contribution in [0.25, 0.3) is 5.78 Å². The lowest BCUT2D eigenvalue weighted by molar-refractivity contribution is -0.144. The first-order valence-corrected chi connectivity index (χ1v) is 7.11. The van der Waals surface area contributed by atoms with Gasteiger partial charge in [0.25, 0.3) is 5.78 Å². The number of nitrogens with zero attached hydrogens (tertiary/aromatic N) is 4. The number of hydrogen-bond acceptors (Lipinski definition) is 5. The minimum Gasteiger partial charge on any atom is -0.460 e. The van der Waals surface area contributed by atoms with Crippen LogP contribution in [0.5, 0.6) is 0 Å². The average molecular weight is 314 g/mol. The fraction of sp³-hybridized carbons (Fsp3) is 0.250. The Kier molecular flexibility index (Phi) is 4.01. The highest BCUT2D eigenvalue weighted by Gasteiger charge is 2.15. The van der Waals surface area contributed by atoms with Gasteiger partial charge in [0, 0.05) is 22.5 Å². The van der Waals surface area contributed by atoms with Gasteiger partial charge in [-0.1, -0.05) is 18.2 Å². The minimum atomic E-state index is -0.444. The average Bonchev–Trinajstić information content (AvgIpc) is 2.99. The van der Waals surface area contributed by atoms with Crippen LogP contribution in [0.1, 0.15) is 22.5 Å². The number of halogens is 1. The molecule has 0 aliphatic heterocycles. The molecule has 0 unspecified atom stereocenters. The molecule has 0 saturated carbocycles. The predicted octanol–water partition coefficient (Wildman–Crippen LogP) is 2.17. The third kappa shape index (κ3) is 3.03. The molecule has 0 atom stereocenters. The van der Waals surface area contributed by atoms with Gasteiger partial charge in [-0.3, -0.25) is 4.79 Å². The lowest BCUT2D eigenvalue weighted by Gasteiger charge is -2.10. The number of benzene rings is 1. The maximum absolute atomic E-state index is 13.5. The van der Waals surface area contributed by atoms with Crippen LogP contribution in [0.3, 0.4) is 0 Å². The van der Waals surface area contributed by atoms with Gasteiger partial charge >= 0.3 is 5.97 Å². The molecule has 0 spiro atoms. The Morgan fingerprint density at radius 2 is 2.09 bits per heavy atom. The summed E-state index contributed by atoms with van der Waals surface area (Å²) in [6.45, 7) is 3.56. The summed E-state index contributed by atoms with van der Waals surface area (Å²) in [5.41, 5.74) is 2.57. The lowest BCUT2D eigenvalue weighted by atomic mass is 10.1. The molecule has 6 nitrogen and oxygen atoms in total. The molecule has 1 aromatic carbocycles. The van der Waals surface area contributed by atoms with E-state index < -0.39 is 11.8 Å². The van der Waals surface area contributed by atoms with Crippen molar-refractivity contribution in [3.8, 4) is 0 Å². The molecular formula is C16H15FN4O2. The third-order valence-corrected chi connectivity index (χ3v) is 3.66. The first-order valence-electron chi connectivity index (χ1n) is 7.11. The molecule has 0 aliphatic rings. The molecule has 23 heavy (non-hydrogen) atoms. The fourth-order valence-corrected chi connectivity index (χ4v) is 2.38. The summed E-state index contributed by atoms with van der Waals surface area (Å²) < 4.78 is 20.3. The SMILES string of the molecule is Cc1nc2ncnn2c(C)c1CC(=O)OCc1ccccc1F. The van der Waals surface area contributed by atoms with Crippen molar-refractivity contribution < 1.29 is 13.9 Å². The van der Waals surface area contributed by atoms with Crippen LogP contribution in [-0.2, 0) is 22.6 Å². The molecule has 3 rings (SSSR count). The summed E-state index contributed by atoms with van der Waals surface area (Å²) in [4.78, 5) is 20.4. The molecule has 0 amide bonds. The van der Waals surface area contributed by atoms with Gasteiger partial charge in [-0.2, -0.15) is 10.1 Å². The molecule has 0 N–H and O–H groups in total. The molecular weight excluding hydrogens is 299 g/mol. The quantitative estimate of drug-likeness (QED) is 0.690. The predicted molar refractivity (Wildman–Crippen MR) is 80.2 cm³/mol. The summed E-state index contributed by atoms with van der Waals surface area (Å²) in [5, 5.41) is 4.07. The number of aromatic nitrogens is 4. The molecule has 0 saturated heterocycles. The van der Waals surface area contributed by atoms with Crippen LogP contribution in [-0.4, -0.2) is 25.6 Å². The van der Waals surface area contributed by atoms with Crippen LogP contribution in [0.2, 0.25) is 0 Å². The topological polar surface area (TPSA) is 69.4 Å². The van der Waals surface area contributed by atoms with Crippen LogP contribution < -0.4 is 0 Å². The van der Waals surface area contributed by atoms with E-state index in [1.54, 1.807) is 29.6 Å². The highest BCUT2D eigenvalue weighted by Crippen LogP contribution is 2.15. The molecule has 0 fully saturated rings. The van der Waals surface area contributed by atoms with E-state index in [1.165, 1.54) is 12.4 Å². The largest absolute Gasteiger partial charge is 0.460 e. The Morgan fingerprint density at radius 3 is 2.87 bits per heavy atom. The Hall–Kier alpha value is -2.83. The van der Waals surface area contributed by atoms with Crippen molar-refractivity contribution in [3.05, 3.63) is 58.9 Å². The van der Waals surface area contributed by atoms with Gasteiger partial charge in [0.15, 0.2) is 0 Å². The van der Waals surface area contributed by atoms with E-state index in [-0.39, 0.29) is 13.0 Å². The number of esters is 1. The van der Waals surface area contributed by atoms with Gasteiger partial charge in [0.2, 0.25) is 0 Å². The van der Waals surface area contributed by atoms with Crippen LogP contribution in [0, 0.1) is 19.7 Å². The van der Waals surface area contributed by atoms with Crippen molar-refractivity contribution >= 4 is 11.7 Å². The summed E-state index contributed by atoms with van der Waals surface area (Å²) >= 11 is 0. The maximum Gasteiger partial charge on any atom is 0.310 e. The molecule has 0 bridgehead atoms. The second-order valence-electron chi connectivity index (χ2n) is 5.16. The zero-order valence-corrected chi connectivity index (χ0v) is 12.8. The normalized spacial score (nSPS) is 10.9. The van der Waals surface area contributed by atoms with Gasteiger partial charge in [0.05, 0.1) is 6.42 Å². The zero-order valence-electron chi connectivity index (χ0n) is 12.8. The van der Waals surface area contributed by atoms with Gasteiger partial charge in [0.1, 0.15) is 18.8 Å². The monoisotopic (exact) mass is 314 g/mol. The summed E-state index contributed by atoms with van der Waals surface area (Å²) in [6.07, 6.45) is 1.46. The van der Waals surface area contributed by atoms with E-state index in [4.69, 9.17) is 4.74 Å². The smallest absolute Gasteiger partial charge is 0.310 e. The molecule has 0 radical (unpaired) electrons. The summed E-state index contributed by atoms with van der Waals surface area (Å²) in [6, 6.07) is 6.21. The van der Waals surface area contributed by atoms with Crippen molar-refractivity contribution in [1.82, 2.24) is 19.6 Å². The lowest BCUT2D eigenvalue weighted by Crippen LogP contribution is -2.13. The Labute approximate surface area is 131 Å². The molecule has 2 heterocycles. The summed E-state index contributed by atoms with van der Waals surface area (Å²) in [7, 11) is 0. The number of aryl methyl sites for hydroxylation is 2. The zero-order chi connectivity index (χ0) is 16.4. The number of hydrogen-bond donors (Lipinski definition) is 0. The van der Waals surface area contributed by atoms with Crippen molar-refractivity contribution in [1.29, 1.82) is 0 Å². The van der Waals surface area contributed by atoms with E-state index in [2.05, 4.69) is 15.1 Å². The Morgan fingerprint density at radius 1 is 1.30 bits per heavy atom. The number of fused-ring (bicyclic) bond motifs is 1. The Balaban J connectivity index is 1.74. The highest BCUT2D eigenvalue weighted by molar-refractivity contribution is 5.73. The molecule has 2 aromatic heterocycles. The van der Waals surface area contributed by atoms with E-state index in [0.717, 1.165) is 11.3 Å². The third-order valence-electron chi connectivity index (χ3n) is 3.66. The highest BCUT2D eigenvalue weighted by atomic mass is 19.1. The maximum atomic E-state index is 13.5. The van der Waals surface area contributed by atoms with Crippen LogP contribution >= 0.6 is 0 Å². The minimum absolute atomic E-state index is 0.0505. The first-order chi connectivity index (χ1) is 11.1. The molecule has 7 heteroatoms. The number of carbonyl (C=O) groups is 1. The van der Waals surface area contributed by atoms with Crippen molar-refractivity contribution in [2.75, 3.05) is 0 Å². The van der Waals surface area contributed by atoms with Crippen LogP contribution in [0.4, 0.5) is 4.39 Å². The second-order valence-corrected chi connectivity index (χ2v) is 5.16. The van der Waals surface area contributed by atoms with Crippen molar-refractivity contribution in [2.45, 2.75) is 26.9 Å².